The topological polar surface area (TPSA) is 57.5 Å². The standard InChI is InChI=1S/C25H24ClNO4/c1-17-14-23(24(28)19-8-11-21(30-2)12-9-19)27(16-17)13-5-4-6-18-7-10-20(26)15-22(18)25(29)31-3/h4,6-12,14-16H,5,13H2,1-3H3. The number of allylic oxidation sites excluding steroid dienone is 1. The van der Waals surface area contributed by atoms with Gasteiger partial charge < -0.3 is 14.0 Å². The van der Waals surface area contributed by atoms with E-state index in [4.69, 9.17) is 21.1 Å². The number of aryl methyl sites for hydroxylation is 2. The predicted molar refractivity (Wildman–Crippen MR) is 122 cm³/mol. The summed E-state index contributed by atoms with van der Waals surface area (Å²) in [4.78, 5) is 24.9. The van der Waals surface area contributed by atoms with E-state index in [1.54, 1.807) is 49.6 Å². The number of aromatic nitrogens is 1. The first-order valence-electron chi connectivity index (χ1n) is 9.83. The van der Waals surface area contributed by atoms with Crippen LogP contribution in [0.1, 0.15) is 44.0 Å². The molecular formula is C25H24ClNO4. The fourth-order valence-electron chi connectivity index (χ4n) is 3.31. The minimum absolute atomic E-state index is 0.0367. The lowest BCUT2D eigenvalue weighted by atomic mass is 10.1. The molecule has 3 rings (SSSR count). The summed E-state index contributed by atoms with van der Waals surface area (Å²) in [6, 6.07) is 14.1. The smallest absolute Gasteiger partial charge is 0.338 e. The van der Waals surface area contributed by atoms with E-state index in [-0.39, 0.29) is 5.78 Å². The fourth-order valence-corrected chi connectivity index (χ4v) is 3.48. The van der Waals surface area contributed by atoms with Crippen molar-refractivity contribution >= 4 is 29.4 Å². The number of carbonyl (C=O) groups is 2. The molecule has 160 valence electrons. The van der Waals surface area contributed by atoms with Crippen molar-refractivity contribution in [3.05, 3.63) is 93.8 Å². The van der Waals surface area contributed by atoms with E-state index in [0.717, 1.165) is 11.1 Å². The Hall–Kier alpha value is -3.31. The highest BCUT2D eigenvalue weighted by Gasteiger charge is 2.15. The van der Waals surface area contributed by atoms with Gasteiger partial charge in [0.05, 0.1) is 25.5 Å². The molecule has 0 amide bonds. The molecule has 5 nitrogen and oxygen atoms in total. The van der Waals surface area contributed by atoms with E-state index in [1.807, 2.05) is 35.9 Å². The lowest BCUT2D eigenvalue weighted by Gasteiger charge is -2.08. The van der Waals surface area contributed by atoms with Crippen molar-refractivity contribution < 1.29 is 19.1 Å². The summed E-state index contributed by atoms with van der Waals surface area (Å²) < 4.78 is 11.9. The first kappa shape index (κ1) is 22.4. The zero-order valence-corrected chi connectivity index (χ0v) is 18.5. The first-order chi connectivity index (χ1) is 14.9. The second kappa shape index (κ2) is 10.1. The van der Waals surface area contributed by atoms with Crippen LogP contribution in [0, 0.1) is 6.92 Å². The maximum atomic E-state index is 13.0. The normalized spacial score (nSPS) is 11.0. The summed E-state index contributed by atoms with van der Waals surface area (Å²) in [7, 11) is 2.93. The minimum Gasteiger partial charge on any atom is -0.497 e. The van der Waals surface area contributed by atoms with Crippen LogP contribution < -0.4 is 4.74 Å². The van der Waals surface area contributed by atoms with Crippen molar-refractivity contribution in [1.82, 2.24) is 4.57 Å². The number of ketones is 1. The quantitative estimate of drug-likeness (QED) is 0.341. The van der Waals surface area contributed by atoms with E-state index >= 15 is 0 Å². The molecule has 0 aliphatic heterocycles. The molecule has 6 heteroatoms. The van der Waals surface area contributed by atoms with Crippen molar-refractivity contribution in [3.8, 4) is 5.75 Å². The summed E-state index contributed by atoms with van der Waals surface area (Å²) >= 11 is 6.00. The maximum absolute atomic E-state index is 13.0. The van der Waals surface area contributed by atoms with E-state index in [9.17, 15) is 9.59 Å². The highest BCUT2D eigenvalue weighted by atomic mass is 35.5. The monoisotopic (exact) mass is 437 g/mol. The van der Waals surface area contributed by atoms with Gasteiger partial charge in [0.1, 0.15) is 5.75 Å². The number of ether oxygens (including phenoxy) is 2. The number of benzene rings is 2. The van der Waals surface area contributed by atoms with Crippen LogP contribution in [-0.4, -0.2) is 30.5 Å². The molecule has 0 radical (unpaired) electrons. The zero-order valence-electron chi connectivity index (χ0n) is 17.7. The van der Waals surface area contributed by atoms with E-state index in [0.29, 0.717) is 40.6 Å². The fraction of sp³-hybridized carbons (Fsp3) is 0.200. The Balaban J connectivity index is 1.73. The molecule has 0 saturated heterocycles. The molecule has 0 aliphatic carbocycles. The van der Waals surface area contributed by atoms with Gasteiger partial charge in [0, 0.05) is 23.3 Å². The molecule has 1 aromatic heterocycles. The lowest BCUT2D eigenvalue weighted by molar-refractivity contribution is 0.0600. The molecule has 0 saturated carbocycles. The van der Waals surface area contributed by atoms with Gasteiger partial charge in [0.15, 0.2) is 0 Å². The van der Waals surface area contributed by atoms with Gasteiger partial charge in [-0.05, 0) is 66.9 Å². The number of halogens is 1. The predicted octanol–water partition coefficient (Wildman–Crippen LogP) is 5.58. The summed E-state index contributed by atoms with van der Waals surface area (Å²) in [5.74, 6) is 0.239. The molecule has 0 unspecified atom stereocenters. The molecule has 0 fully saturated rings. The average Bonchev–Trinajstić information content (AvgIpc) is 3.16. The number of carbonyl (C=O) groups excluding carboxylic acids is 2. The molecule has 0 bridgehead atoms. The molecule has 1 heterocycles. The van der Waals surface area contributed by atoms with Crippen LogP contribution in [0.4, 0.5) is 0 Å². The van der Waals surface area contributed by atoms with Crippen LogP contribution in [0.2, 0.25) is 5.02 Å². The van der Waals surface area contributed by atoms with E-state index < -0.39 is 5.97 Å². The molecule has 0 atom stereocenters. The van der Waals surface area contributed by atoms with Crippen molar-refractivity contribution in [2.75, 3.05) is 14.2 Å². The SMILES string of the molecule is COC(=O)c1cc(Cl)ccc1C=CCCn1cc(C)cc1C(=O)c1ccc(OC)cc1. The molecule has 2 aromatic carbocycles. The minimum atomic E-state index is -0.435. The van der Waals surface area contributed by atoms with Crippen LogP contribution in [0.15, 0.2) is 60.8 Å². The number of hydrogen-bond acceptors (Lipinski definition) is 4. The summed E-state index contributed by atoms with van der Waals surface area (Å²) in [5.41, 5.74) is 3.41. The largest absolute Gasteiger partial charge is 0.497 e. The van der Waals surface area contributed by atoms with Gasteiger partial charge in [-0.3, -0.25) is 4.79 Å². The Bertz CT molecular complexity index is 1110. The Labute approximate surface area is 186 Å². The molecule has 31 heavy (non-hydrogen) atoms. The van der Waals surface area contributed by atoms with Crippen LogP contribution in [0.25, 0.3) is 6.08 Å². The summed E-state index contributed by atoms with van der Waals surface area (Å²) in [6.45, 7) is 2.59. The summed E-state index contributed by atoms with van der Waals surface area (Å²) in [5, 5.41) is 0.474. The van der Waals surface area contributed by atoms with Crippen LogP contribution in [-0.2, 0) is 11.3 Å². The van der Waals surface area contributed by atoms with E-state index in [2.05, 4.69) is 0 Å². The Morgan fingerprint density at radius 1 is 1.06 bits per heavy atom. The van der Waals surface area contributed by atoms with Crippen LogP contribution in [0.3, 0.4) is 0 Å². The van der Waals surface area contributed by atoms with Crippen molar-refractivity contribution in [2.24, 2.45) is 0 Å². The number of methoxy groups -OCH3 is 2. The second-order valence-corrected chi connectivity index (χ2v) is 7.50. The number of rotatable bonds is 8. The number of nitrogens with zero attached hydrogens (tertiary/aromatic N) is 1. The second-order valence-electron chi connectivity index (χ2n) is 7.07. The van der Waals surface area contributed by atoms with Crippen LogP contribution in [0.5, 0.6) is 5.75 Å². The van der Waals surface area contributed by atoms with Crippen molar-refractivity contribution in [3.63, 3.8) is 0 Å². The van der Waals surface area contributed by atoms with Gasteiger partial charge in [-0.2, -0.15) is 0 Å². The Morgan fingerprint density at radius 2 is 1.81 bits per heavy atom. The first-order valence-corrected chi connectivity index (χ1v) is 10.2. The number of hydrogen-bond donors (Lipinski definition) is 0. The molecule has 0 spiro atoms. The van der Waals surface area contributed by atoms with Gasteiger partial charge in [-0.25, -0.2) is 4.79 Å². The third kappa shape index (κ3) is 5.44. The number of esters is 1. The van der Waals surface area contributed by atoms with Gasteiger partial charge in [-0.1, -0.05) is 29.8 Å². The van der Waals surface area contributed by atoms with Gasteiger partial charge in [0.25, 0.3) is 0 Å². The molecule has 0 aliphatic rings. The van der Waals surface area contributed by atoms with Gasteiger partial charge >= 0.3 is 5.97 Å². The van der Waals surface area contributed by atoms with Crippen LogP contribution >= 0.6 is 11.6 Å². The maximum Gasteiger partial charge on any atom is 0.338 e. The zero-order chi connectivity index (χ0) is 22.4. The summed E-state index contributed by atoms with van der Waals surface area (Å²) in [6.07, 6.45) is 6.48. The van der Waals surface area contributed by atoms with Gasteiger partial charge in [-0.15, -0.1) is 0 Å². The van der Waals surface area contributed by atoms with Crippen molar-refractivity contribution in [2.45, 2.75) is 19.9 Å². The van der Waals surface area contributed by atoms with Crippen molar-refractivity contribution in [1.29, 1.82) is 0 Å². The Kier molecular flexibility index (Phi) is 7.32. The highest BCUT2D eigenvalue weighted by Crippen LogP contribution is 2.20. The molecule has 3 aromatic rings. The molecule has 0 N–H and O–H groups in total. The average molecular weight is 438 g/mol. The third-order valence-electron chi connectivity index (χ3n) is 4.87. The third-order valence-corrected chi connectivity index (χ3v) is 5.11. The lowest BCUT2D eigenvalue weighted by Crippen LogP contribution is -2.09. The van der Waals surface area contributed by atoms with E-state index in [1.165, 1.54) is 7.11 Å². The highest BCUT2D eigenvalue weighted by molar-refractivity contribution is 6.31. The Morgan fingerprint density at radius 3 is 2.48 bits per heavy atom. The van der Waals surface area contributed by atoms with Gasteiger partial charge in [0.2, 0.25) is 5.78 Å². The molecular weight excluding hydrogens is 414 g/mol.